The van der Waals surface area contributed by atoms with E-state index in [1.54, 1.807) is 18.5 Å². The number of hydrogen-bond donors (Lipinski definition) is 2. The number of benzene rings is 1. The Morgan fingerprint density at radius 2 is 1.97 bits per heavy atom. The van der Waals surface area contributed by atoms with Gasteiger partial charge in [0, 0.05) is 17.3 Å². The largest absolute Gasteiger partial charge is 0.481 e. The molecule has 0 amide bonds. The Hall–Kier alpha value is -3.14. The monoisotopic (exact) mass is 489 g/mol. The zero-order valence-corrected chi connectivity index (χ0v) is 19.6. The van der Waals surface area contributed by atoms with E-state index in [2.05, 4.69) is 10.3 Å². The lowest BCUT2D eigenvalue weighted by molar-refractivity contribution is -0.143. The Morgan fingerprint density at radius 3 is 2.59 bits per heavy atom. The van der Waals surface area contributed by atoms with Gasteiger partial charge in [0.2, 0.25) is 0 Å². The number of nitrogens with one attached hydrogen (secondary N) is 1. The molecule has 1 atom stereocenters. The van der Waals surface area contributed by atoms with Gasteiger partial charge >= 0.3 is 11.9 Å². The number of rotatable bonds is 6. The van der Waals surface area contributed by atoms with Crippen molar-refractivity contribution in [1.29, 1.82) is 0 Å². The molecular formula is C24H25F2N3O4S. The summed E-state index contributed by atoms with van der Waals surface area (Å²) in [5, 5.41) is 15.0. The first-order valence-corrected chi connectivity index (χ1v) is 12.0. The Balaban J connectivity index is 1.85. The van der Waals surface area contributed by atoms with E-state index in [-0.39, 0.29) is 23.7 Å². The molecule has 1 aliphatic carbocycles. The number of carboxylic acids is 1. The third-order valence-electron chi connectivity index (χ3n) is 6.37. The van der Waals surface area contributed by atoms with Crippen molar-refractivity contribution in [2.75, 3.05) is 6.61 Å². The zero-order chi connectivity index (χ0) is 24.4. The number of halogens is 2. The second-order valence-corrected chi connectivity index (χ2v) is 9.25. The number of nitrogens with zero attached hydrogens (tertiary/aromatic N) is 2. The standard InChI is InChI=1S/C24H25F2N3O4S/c1-3-33-24(32)17-19(13-4-6-14(7-5-13)23(30)31)28-21(22-27-10-11-34-22)29-20(17)15-8-9-16(25)18(26)12(15)2/h8-11,13-14,20H,3-7H2,1-2H3,(H,28,29)(H,30,31)/t13?,14?,20-/m1/s1. The molecule has 2 aromatic rings. The molecule has 0 radical (unpaired) electrons. The lowest BCUT2D eigenvalue weighted by Gasteiger charge is -2.34. The van der Waals surface area contributed by atoms with E-state index in [0.29, 0.717) is 47.8 Å². The van der Waals surface area contributed by atoms with Crippen LogP contribution in [0.1, 0.15) is 54.8 Å². The molecule has 10 heteroatoms. The second kappa shape index (κ2) is 10.0. The lowest BCUT2D eigenvalue weighted by atomic mass is 9.77. The summed E-state index contributed by atoms with van der Waals surface area (Å²) >= 11 is 1.35. The van der Waals surface area contributed by atoms with Crippen molar-refractivity contribution in [3.63, 3.8) is 0 Å². The summed E-state index contributed by atoms with van der Waals surface area (Å²) in [6, 6.07) is 1.53. The molecule has 2 heterocycles. The van der Waals surface area contributed by atoms with E-state index in [1.165, 1.54) is 24.3 Å². The smallest absolute Gasteiger partial charge is 0.338 e. The van der Waals surface area contributed by atoms with Crippen molar-refractivity contribution >= 4 is 29.1 Å². The van der Waals surface area contributed by atoms with Crippen LogP contribution in [0.15, 0.2) is 40.0 Å². The summed E-state index contributed by atoms with van der Waals surface area (Å²) in [5.41, 5.74) is 1.23. The van der Waals surface area contributed by atoms with Crippen molar-refractivity contribution in [1.82, 2.24) is 10.3 Å². The number of ether oxygens (including phenoxy) is 1. The molecule has 1 aromatic heterocycles. The van der Waals surface area contributed by atoms with Crippen molar-refractivity contribution in [2.24, 2.45) is 16.8 Å². The number of esters is 1. The van der Waals surface area contributed by atoms with Gasteiger partial charge in [-0.1, -0.05) is 6.07 Å². The number of amidine groups is 1. The molecule has 1 fully saturated rings. The predicted molar refractivity (Wildman–Crippen MR) is 122 cm³/mol. The van der Waals surface area contributed by atoms with E-state index in [1.807, 2.05) is 0 Å². The minimum Gasteiger partial charge on any atom is -0.481 e. The van der Waals surface area contributed by atoms with E-state index >= 15 is 0 Å². The van der Waals surface area contributed by atoms with Gasteiger partial charge in [-0.05, 0) is 62.6 Å². The highest BCUT2D eigenvalue weighted by Crippen LogP contribution is 2.41. The molecule has 1 saturated carbocycles. The molecule has 1 aliphatic heterocycles. The average Bonchev–Trinajstić information content (AvgIpc) is 3.37. The number of thiazole rings is 1. The quantitative estimate of drug-likeness (QED) is 0.579. The number of aromatic nitrogens is 1. The normalized spacial score (nSPS) is 22.7. The van der Waals surface area contributed by atoms with Crippen molar-refractivity contribution in [3.05, 3.63) is 62.7 Å². The second-order valence-electron chi connectivity index (χ2n) is 8.35. The van der Waals surface area contributed by atoms with E-state index in [4.69, 9.17) is 9.73 Å². The number of carbonyl (C=O) groups excluding carboxylic acids is 1. The molecule has 0 spiro atoms. The highest BCUT2D eigenvalue weighted by molar-refractivity contribution is 7.11. The maximum Gasteiger partial charge on any atom is 0.338 e. The Labute approximate surface area is 199 Å². The Morgan fingerprint density at radius 1 is 1.24 bits per heavy atom. The van der Waals surface area contributed by atoms with Gasteiger partial charge < -0.3 is 15.2 Å². The molecule has 2 aliphatic rings. The fourth-order valence-electron chi connectivity index (χ4n) is 4.59. The zero-order valence-electron chi connectivity index (χ0n) is 18.8. The molecule has 1 aromatic carbocycles. The summed E-state index contributed by atoms with van der Waals surface area (Å²) in [4.78, 5) is 33.7. The molecule has 34 heavy (non-hydrogen) atoms. The maximum absolute atomic E-state index is 14.5. The number of hydrogen-bond acceptors (Lipinski definition) is 7. The highest BCUT2D eigenvalue weighted by Gasteiger charge is 2.38. The summed E-state index contributed by atoms with van der Waals surface area (Å²) in [5.74, 6) is -3.54. The number of aliphatic imine (C=N–C) groups is 1. The van der Waals surface area contributed by atoms with Crippen LogP contribution in [0.4, 0.5) is 8.78 Å². The number of aliphatic carboxylic acids is 1. The number of allylic oxidation sites excluding steroid dienone is 1. The SMILES string of the molecule is CCOC(=O)C1=C(C2CCC(C(=O)O)CC2)NC(c2nccs2)=N[C@@H]1c1ccc(F)c(F)c1C. The van der Waals surface area contributed by atoms with Gasteiger partial charge in [-0.15, -0.1) is 11.3 Å². The molecule has 4 rings (SSSR count). The lowest BCUT2D eigenvalue weighted by Crippen LogP contribution is -2.38. The van der Waals surface area contributed by atoms with Crippen LogP contribution in [0.5, 0.6) is 0 Å². The van der Waals surface area contributed by atoms with Gasteiger partial charge in [0.05, 0.1) is 18.1 Å². The van der Waals surface area contributed by atoms with Crippen LogP contribution in [0, 0.1) is 30.4 Å². The summed E-state index contributed by atoms with van der Waals surface area (Å²) in [6.07, 6.45) is 3.68. The van der Waals surface area contributed by atoms with Crippen LogP contribution in [0.2, 0.25) is 0 Å². The first-order valence-electron chi connectivity index (χ1n) is 11.1. The summed E-state index contributed by atoms with van der Waals surface area (Å²) in [7, 11) is 0. The third kappa shape index (κ3) is 4.59. The fourth-order valence-corrected chi connectivity index (χ4v) is 5.17. The summed E-state index contributed by atoms with van der Waals surface area (Å²) in [6.45, 7) is 3.28. The highest BCUT2D eigenvalue weighted by atomic mass is 32.1. The minimum atomic E-state index is -0.992. The van der Waals surface area contributed by atoms with E-state index < -0.39 is 35.5 Å². The molecule has 7 nitrogen and oxygen atoms in total. The topological polar surface area (TPSA) is 101 Å². The van der Waals surface area contributed by atoms with Gasteiger partial charge in [-0.2, -0.15) is 0 Å². The van der Waals surface area contributed by atoms with Crippen LogP contribution in [-0.2, 0) is 14.3 Å². The molecule has 0 bridgehead atoms. The van der Waals surface area contributed by atoms with Crippen LogP contribution in [0.25, 0.3) is 0 Å². The van der Waals surface area contributed by atoms with Gasteiger partial charge in [0.15, 0.2) is 22.5 Å². The predicted octanol–water partition coefficient (Wildman–Crippen LogP) is 4.53. The van der Waals surface area contributed by atoms with Crippen LogP contribution in [-0.4, -0.2) is 34.5 Å². The number of carbonyl (C=O) groups is 2. The van der Waals surface area contributed by atoms with Crippen LogP contribution < -0.4 is 5.32 Å². The Kier molecular flexibility index (Phi) is 7.06. The van der Waals surface area contributed by atoms with Gasteiger partial charge in [-0.25, -0.2) is 18.6 Å². The first kappa shape index (κ1) is 24.0. The molecule has 0 saturated heterocycles. The van der Waals surface area contributed by atoms with Crippen LogP contribution >= 0.6 is 11.3 Å². The van der Waals surface area contributed by atoms with Crippen molar-refractivity contribution in [3.8, 4) is 0 Å². The molecule has 0 unspecified atom stereocenters. The average molecular weight is 490 g/mol. The number of carboxylic acid groups (broad SMARTS) is 1. The minimum absolute atomic E-state index is 0.0601. The molecule has 180 valence electrons. The van der Waals surface area contributed by atoms with E-state index in [9.17, 15) is 23.5 Å². The van der Waals surface area contributed by atoms with Crippen LogP contribution in [0.3, 0.4) is 0 Å². The first-order chi connectivity index (χ1) is 16.3. The van der Waals surface area contributed by atoms with Crippen molar-refractivity contribution in [2.45, 2.75) is 45.6 Å². The van der Waals surface area contributed by atoms with Gasteiger partial charge in [-0.3, -0.25) is 9.79 Å². The van der Waals surface area contributed by atoms with Gasteiger partial charge in [0.1, 0.15) is 6.04 Å². The fraction of sp³-hybridized carbons (Fsp3) is 0.417. The summed E-state index contributed by atoms with van der Waals surface area (Å²) < 4.78 is 33.8. The Bertz CT molecular complexity index is 1160. The molecule has 2 N–H and O–H groups in total. The molecular weight excluding hydrogens is 464 g/mol. The van der Waals surface area contributed by atoms with Gasteiger partial charge in [0.25, 0.3) is 0 Å². The van der Waals surface area contributed by atoms with E-state index in [0.717, 1.165) is 6.07 Å². The maximum atomic E-state index is 14.5. The van der Waals surface area contributed by atoms with Crippen molar-refractivity contribution < 1.29 is 28.2 Å². The third-order valence-corrected chi connectivity index (χ3v) is 7.15.